The highest BCUT2D eigenvalue weighted by atomic mass is 79.9. The van der Waals surface area contributed by atoms with Crippen LogP contribution >= 0.6 is 43.5 Å². The van der Waals surface area contributed by atoms with Crippen LogP contribution in [-0.2, 0) is 0 Å². The second-order valence-electron chi connectivity index (χ2n) is 4.01. The number of hydrogen-bond acceptors (Lipinski definition) is 2. The molecule has 0 aliphatic heterocycles. The van der Waals surface area contributed by atoms with E-state index in [-0.39, 0.29) is 5.92 Å². The largest absolute Gasteiger partial charge is 0.491 e. The van der Waals surface area contributed by atoms with E-state index in [4.69, 9.17) is 29.2 Å². The Kier molecular flexibility index (Phi) is 7.16. The van der Waals surface area contributed by atoms with Gasteiger partial charge in [-0.1, -0.05) is 0 Å². The first kappa shape index (κ1) is 17.1. The Labute approximate surface area is 140 Å². The molecule has 1 rings (SSSR count). The fourth-order valence-electron chi connectivity index (χ4n) is 1.54. The van der Waals surface area contributed by atoms with E-state index in [2.05, 4.69) is 43.7 Å². The van der Waals surface area contributed by atoms with E-state index in [0.717, 1.165) is 0 Å². The standard InChI is InChI=1S/C15H11Br2ClO2/c1-3-5-10(6-4-2)9-20-14-12(16)8-7-11(13(14)17)15(18)19/h1-2,7-8,10H,5-6,9H2. The second kappa shape index (κ2) is 8.37. The molecule has 0 saturated carbocycles. The SMILES string of the molecule is C#CCC(CC#C)COc1c(Br)ccc(C(=O)Cl)c1Br. The number of benzene rings is 1. The Balaban J connectivity index is 2.92. The molecule has 0 unspecified atom stereocenters. The molecule has 0 amide bonds. The van der Waals surface area contributed by atoms with Gasteiger partial charge in [0.15, 0.2) is 0 Å². The zero-order valence-electron chi connectivity index (χ0n) is 10.5. The number of hydrogen-bond donors (Lipinski definition) is 0. The van der Waals surface area contributed by atoms with Crippen molar-refractivity contribution < 1.29 is 9.53 Å². The van der Waals surface area contributed by atoms with Crippen LogP contribution in [0.5, 0.6) is 5.75 Å². The van der Waals surface area contributed by atoms with Gasteiger partial charge in [-0.2, -0.15) is 0 Å². The summed E-state index contributed by atoms with van der Waals surface area (Å²) in [5.74, 6) is 5.73. The smallest absolute Gasteiger partial charge is 0.253 e. The monoisotopic (exact) mass is 416 g/mol. The Morgan fingerprint density at radius 1 is 1.30 bits per heavy atom. The summed E-state index contributed by atoms with van der Waals surface area (Å²) in [5.41, 5.74) is 0.343. The van der Waals surface area contributed by atoms with Gasteiger partial charge in [-0.3, -0.25) is 4.79 Å². The van der Waals surface area contributed by atoms with Gasteiger partial charge >= 0.3 is 0 Å². The maximum Gasteiger partial charge on any atom is 0.253 e. The first-order chi connectivity index (χ1) is 9.51. The lowest BCUT2D eigenvalue weighted by Crippen LogP contribution is -2.12. The maximum atomic E-state index is 11.3. The predicted molar refractivity (Wildman–Crippen MR) is 87.9 cm³/mol. The average molecular weight is 419 g/mol. The van der Waals surface area contributed by atoms with E-state index < -0.39 is 5.24 Å². The van der Waals surface area contributed by atoms with Crippen LogP contribution in [0.2, 0.25) is 0 Å². The zero-order valence-corrected chi connectivity index (χ0v) is 14.4. The molecule has 0 aliphatic carbocycles. The summed E-state index contributed by atoms with van der Waals surface area (Å²) < 4.78 is 6.95. The third-order valence-corrected chi connectivity index (χ3v) is 4.15. The predicted octanol–water partition coefficient (Wildman–Crippen LogP) is 4.63. The third kappa shape index (κ3) is 4.56. The van der Waals surface area contributed by atoms with Crippen molar-refractivity contribution >= 4 is 48.7 Å². The van der Waals surface area contributed by atoms with Gasteiger partial charge in [-0.25, -0.2) is 0 Å². The molecular formula is C15H11Br2ClO2. The van der Waals surface area contributed by atoms with E-state index in [1.54, 1.807) is 12.1 Å². The highest BCUT2D eigenvalue weighted by molar-refractivity contribution is 9.11. The summed E-state index contributed by atoms with van der Waals surface area (Å²) in [7, 11) is 0. The molecule has 0 radical (unpaired) electrons. The molecule has 0 N–H and O–H groups in total. The first-order valence-electron chi connectivity index (χ1n) is 5.68. The first-order valence-corrected chi connectivity index (χ1v) is 7.65. The van der Waals surface area contributed by atoms with Gasteiger partial charge in [0.05, 0.1) is 21.1 Å². The second-order valence-corrected chi connectivity index (χ2v) is 6.00. The number of carbonyl (C=O) groups excluding carboxylic acids is 1. The van der Waals surface area contributed by atoms with Crippen molar-refractivity contribution in [1.82, 2.24) is 0 Å². The van der Waals surface area contributed by atoms with Crippen molar-refractivity contribution in [3.8, 4) is 30.4 Å². The molecule has 104 valence electrons. The summed E-state index contributed by atoms with van der Waals surface area (Å²) in [4.78, 5) is 11.3. The van der Waals surface area contributed by atoms with Crippen LogP contribution in [0.3, 0.4) is 0 Å². The van der Waals surface area contributed by atoms with Gasteiger partial charge in [-0.05, 0) is 55.6 Å². The van der Waals surface area contributed by atoms with Crippen molar-refractivity contribution in [2.75, 3.05) is 6.61 Å². The normalized spacial score (nSPS) is 9.90. The van der Waals surface area contributed by atoms with Crippen LogP contribution in [0, 0.1) is 30.6 Å². The van der Waals surface area contributed by atoms with Crippen molar-refractivity contribution in [3.63, 3.8) is 0 Å². The van der Waals surface area contributed by atoms with Gasteiger partial charge in [-0.15, -0.1) is 24.7 Å². The molecular weight excluding hydrogens is 407 g/mol. The van der Waals surface area contributed by atoms with E-state index in [1.807, 2.05) is 0 Å². The van der Waals surface area contributed by atoms with Crippen LogP contribution < -0.4 is 4.74 Å². The summed E-state index contributed by atoms with van der Waals surface area (Å²) in [6, 6.07) is 3.31. The summed E-state index contributed by atoms with van der Waals surface area (Å²) >= 11 is 12.2. The van der Waals surface area contributed by atoms with Crippen molar-refractivity contribution in [2.24, 2.45) is 5.92 Å². The van der Waals surface area contributed by atoms with E-state index >= 15 is 0 Å². The highest BCUT2D eigenvalue weighted by Crippen LogP contribution is 2.37. The lowest BCUT2D eigenvalue weighted by molar-refractivity contribution is 0.108. The van der Waals surface area contributed by atoms with Crippen molar-refractivity contribution in [1.29, 1.82) is 0 Å². The lowest BCUT2D eigenvalue weighted by Gasteiger charge is -2.16. The number of terminal acetylenes is 2. The van der Waals surface area contributed by atoms with Gasteiger partial charge in [0, 0.05) is 18.8 Å². The van der Waals surface area contributed by atoms with Crippen molar-refractivity contribution in [3.05, 3.63) is 26.6 Å². The Hall–Kier alpha value is -0.940. The molecule has 1 aromatic carbocycles. The Morgan fingerprint density at radius 3 is 2.40 bits per heavy atom. The lowest BCUT2D eigenvalue weighted by atomic mass is 10.0. The molecule has 0 aliphatic rings. The fourth-order valence-corrected chi connectivity index (χ4v) is 3.16. The zero-order chi connectivity index (χ0) is 15.1. The topological polar surface area (TPSA) is 26.3 Å². The molecule has 0 atom stereocenters. The molecule has 0 bridgehead atoms. The summed E-state index contributed by atoms with van der Waals surface area (Å²) in [5, 5.41) is -0.557. The number of ether oxygens (including phenoxy) is 1. The minimum atomic E-state index is -0.557. The molecule has 0 heterocycles. The quantitative estimate of drug-likeness (QED) is 0.497. The van der Waals surface area contributed by atoms with E-state index in [0.29, 0.717) is 39.7 Å². The molecule has 0 fully saturated rings. The minimum Gasteiger partial charge on any atom is -0.491 e. The van der Waals surface area contributed by atoms with Crippen LogP contribution in [0.15, 0.2) is 21.1 Å². The molecule has 5 heteroatoms. The van der Waals surface area contributed by atoms with Gasteiger partial charge < -0.3 is 4.74 Å². The molecule has 2 nitrogen and oxygen atoms in total. The van der Waals surface area contributed by atoms with Gasteiger partial charge in [0.1, 0.15) is 5.75 Å². The molecule has 0 spiro atoms. The molecule has 0 saturated heterocycles. The van der Waals surface area contributed by atoms with E-state index in [9.17, 15) is 4.79 Å². The van der Waals surface area contributed by atoms with Crippen molar-refractivity contribution in [2.45, 2.75) is 12.8 Å². The minimum absolute atomic E-state index is 0.0687. The van der Waals surface area contributed by atoms with Crippen LogP contribution in [-0.4, -0.2) is 11.8 Å². The summed E-state index contributed by atoms with van der Waals surface area (Å²) in [6.45, 7) is 0.367. The number of carbonyl (C=O) groups is 1. The Bertz CT molecular complexity index is 569. The highest BCUT2D eigenvalue weighted by Gasteiger charge is 2.17. The maximum absolute atomic E-state index is 11.3. The summed E-state index contributed by atoms with van der Waals surface area (Å²) in [6.07, 6.45) is 11.7. The number of halogens is 3. The van der Waals surface area contributed by atoms with Crippen LogP contribution in [0.4, 0.5) is 0 Å². The fraction of sp³-hybridized carbons (Fsp3) is 0.267. The van der Waals surface area contributed by atoms with Gasteiger partial charge in [0.25, 0.3) is 5.24 Å². The molecule has 1 aromatic rings. The third-order valence-electron chi connectivity index (χ3n) is 2.54. The van der Waals surface area contributed by atoms with Crippen LogP contribution in [0.1, 0.15) is 23.2 Å². The molecule has 20 heavy (non-hydrogen) atoms. The van der Waals surface area contributed by atoms with Gasteiger partial charge in [0.2, 0.25) is 0 Å². The average Bonchev–Trinajstić information content (AvgIpc) is 2.38. The van der Waals surface area contributed by atoms with Crippen LogP contribution in [0.25, 0.3) is 0 Å². The van der Waals surface area contributed by atoms with E-state index in [1.165, 1.54) is 0 Å². The Morgan fingerprint density at radius 2 is 1.90 bits per heavy atom. The molecule has 0 aromatic heterocycles. The number of rotatable bonds is 6.